The molecule has 128 valence electrons. The quantitative estimate of drug-likeness (QED) is 0.551. The monoisotopic (exact) mass is 340 g/mol. The number of imide groups is 1. The molecule has 1 aromatic rings. The molecule has 0 spiro atoms. The summed E-state index contributed by atoms with van der Waals surface area (Å²) in [5.41, 5.74) is 0. The minimum atomic E-state index is -0.498. The van der Waals surface area contributed by atoms with Crippen molar-refractivity contribution in [1.29, 1.82) is 0 Å². The second kappa shape index (κ2) is 8.19. The minimum absolute atomic E-state index is 0.343. The van der Waals surface area contributed by atoms with E-state index in [1.54, 1.807) is 13.8 Å². The Morgan fingerprint density at radius 3 is 2.70 bits per heavy atom. The number of hydrogen-bond acceptors (Lipinski definition) is 6. The van der Waals surface area contributed by atoms with Gasteiger partial charge in [-0.2, -0.15) is 0 Å². The number of aromatic nitrogens is 3. The Morgan fingerprint density at radius 2 is 2.04 bits per heavy atom. The number of nitrogens with one attached hydrogen (secondary N) is 2. The Balaban J connectivity index is 1.95. The number of nitrogens with two attached hydrogens (primary N) is 1. The molecule has 8 nitrogen and oxygen atoms in total. The molecule has 1 heterocycles. The highest BCUT2D eigenvalue weighted by molar-refractivity contribution is 8.00. The third-order valence-corrected chi connectivity index (χ3v) is 4.94. The number of nitrogens with zero attached hydrogens (tertiary/aromatic N) is 3. The van der Waals surface area contributed by atoms with E-state index in [0.29, 0.717) is 17.6 Å². The van der Waals surface area contributed by atoms with E-state index in [2.05, 4.69) is 20.8 Å². The molecule has 0 radical (unpaired) electrons. The van der Waals surface area contributed by atoms with Crippen molar-refractivity contribution >= 4 is 23.7 Å². The van der Waals surface area contributed by atoms with Gasteiger partial charge in [-0.3, -0.25) is 10.1 Å². The van der Waals surface area contributed by atoms with Gasteiger partial charge in [0, 0.05) is 12.5 Å². The Bertz CT molecular complexity index is 555. The average molecular weight is 340 g/mol. The van der Waals surface area contributed by atoms with Gasteiger partial charge < -0.3 is 11.2 Å². The molecule has 0 saturated heterocycles. The minimum Gasteiger partial charge on any atom is -0.338 e. The van der Waals surface area contributed by atoms with Crippen molar-refractivity contribution in [3.05, 3.63) is 5.82 Å². The fraction of sp³-hybridized carbons (Fsp3) is 0.714. The first-order chi connectivity index (χ1) is 11.0. The van der Waals surface area contributed by atoms with Crippen LogP contribution in [0.25, 0.3) is 0 Å². The van der Waals surface area contributed by atoms with Crippen molar-refractivity contribution < 1.29 is 9.59 Å². The Hall–Kier alpha value is -1.77. The van der Waals surface area contributed by atoms with Crippen molar-refractivity contribution in [3.8, 4) is 0 Å². The van der Waals surface area contributed by atoms with Crippen LogP contribution in [0, 0.1) is 0 Å². The molecule has 23 heavy (non-hydrogen) atoms. The Morgan fingerprint density at radius 1 is 1.35 bits per heavy atom. The molecule has 0 unspecified atom stereocenters. The molecule has 4 N–H and O–H groups in total. The van der Waals surface area contributed by atoms with E-state index in [-0.39, 0.29) is 5.91 Å². The number of thioether (sulfide) groups is 1. The Labute approximate surface area is 139 Å². The summed E-state index contributed by atoms with van der Waals surface area (Å²) >= 11 is 1.20. The predicted octanol–water partition coefficient (Wildman–Crippen LogP) is 1.37. The molecular weight excluding hydrogens is 316 g/mol. The summed E-state index contributed by atoms with van der Waals surface area (Å²) in [7, 11) is 0. The first kappa shape index (κ1) is 17.6. The second-order valence-corrected chi connectivity index (χ2v) is 6.96. The Kier molecular flexibility index (Phi) is 6.26. The molecule has 0 aromatic carbocycles. The fourth-order valence-electron chi connectivity index (χ4n) is 2.64. The molecule has 1 fully saturated rings. The summed E-state index contributed by atoms with van der Waals surface area (Å²) < 4.78 is 1.48. The van der Waals surface area contributed by atoms with Gasteiger partial charge >= 0.3 is 6.03 Å². The van der Waals surface area contributed by atoms with E-state index in [1.807, 2.05) is 0 Å². The van der Waals surface area contributed by atoms with Crippen LogP contribution in [0.3, 0.4) is 0 Å². The average Bonchev–Trinajstić information content (AvgIpc) is 2.89. The van der Waals surface area contributed by atoms with Crippen LogP contribution in [0.5, 0.6) is 0 Å². The third-order valence-electron chi connectivity index (χ3n) is 3.89. The number of nitrogen functional groups attached to an aromatic ring is 1. The highest BCUT2D eigenvalue weighted by Gasteiger charge is 2.25. The second-order valence-electron chi connectivity index (χ2n) is 5.65. The maximum atomic E-state index is 12.0. The van der Waals surface area contributed by atoms with Crippen LogP contribution >= 0.6 is 11.8 Å². The lowest BCUT2D eigenvalue weighted by Gasteiger charge is -2.20. The molecule has 0 aliphatic heterocycles. The van der Waals surface area contributed by atoms with E-state index < -0.39 is 11.3 Å². The van der Waals surface area contributed by atoms with Crippen LogP contribution in [0.1, 0.15) is 57.7 Å². The van der Waals surface area contributed by atoms with E-state index in [1.165, 1.54) is 35.7 Å². The SMILES string of the molecule is CCNC(=O)NC(=O)[C@@H](C)Sc1nnc(C2CCCCC2)n1N. The van der Waals surface area contributed by atoms with Crippen molar-refractivity contribution in [3.63, 3.8) is 0 Å². The van der Waals surface area contributed by atoms with Gasteiger partial charge in [-0.25, -0.2) is 9.47 Å². The molecule has 3 amide bonds. The molecule has 1 atom stereocenters. The highest BCUT2D eigenvalue weighted by Crippen LogP contribution is 2.32. The smallest absolute Gasteiger partial charge is 0.321 e. The summed E-state index contributed by atoms with van der Waals surface area (Å²) in [5, 5.41) is 13.1. The molecule has 1 aliphatic rings. The van der Waals surface area contributed by atoms with Crippen LogP contribution in [0.2, 0.25) is 0 Å². The number of amides is 3. The molecule has 1 aromatic heterocycles. The van der Waals surface area contributed by atoms with Crippen molar-refractivity contribution in [2.45, 2.75) is 62.3 Å². The van der Waals surface area contributed by atoms with Gasteiger partial charge in [0.2, 0.25) is 11.1 Å². The number of hydrogen-bond donors (Lipinski definition) is 3. The van der Waals surface area contributed by atoms with Crippen LogP contribution in [-0.4, -0.2) is 38.6 Å². The van der Waals surface area contributed by atoms with Gasteiger partial charge in [-0.05, 0) is 26.7 Å². The van der Waals surface area contributed by atoms with Crippen LogP contribution in [-0.2, 0) is 4.79 Å². The predicted molar refractivity (Wildman–Crippen MR) is 88.5 cm³/mol. The zero-order valence-corrected chi connectivity index (χ0v) is 14.4. The van der Waals surface area contributed by atoms with Gasteiger partial charge in [0.15, 0.2) is 5.82 Å². The molecule has 1 aliphatic carbocycles. The molecular formula is C14H24N6O2S. The van der Waals surface area contributed by atoms with Crippen LogP contribution < -0.4 is 16.5 Å². The van der Waals surface area contributed by atoms with Gasteiger partial charge in [0.25, 0.3) is 0 Å². The maximum Gasteiger partial charge on any atom is 0.321 e. The number of carbonyl (C=O) groups is 2. The van der Waals surface area contributed by atoms with E-state index in [4.69, 9.17) is 5.84 Å². The number of urea groups is 1. The largest absolute Gasteiger partial charge is 0.338 e. The van der Waals surface area contributed by atoms with Crippen molar-refractivity contribution in [1.82, 2.24) is 25.5 Å². The molecule has 9 heteroatoms. The van der Waals surface area contributed by atoms with E-state index in [0.717, 1.165) is 18.7 Å². The van der Waals surface area contributed by atoms with Crippen LogP contribution in [0.15, 0.2) is 5.16 Å². The van der Waals surface area contributed by atoms with E-state index >= 15 is 0 Å². The number of carbonyl (C=O) groups excluding carboxylic acids is 2. The van der Waals surface area contributed by atoms with Gasteiger partial charge in [0.05, 0.1) is 5.25 Å². The zero-order valence-electron chi connectivity index (χ0n) is 13.5. The van der Waals surface area contributed by atoms with Crippen LogP contribution in [0.4, 0.5) is 4.79 Å². The summed E-state index contributed by atoms with van der Waals surface area (Å²) in [5.74, 6) is 6.83. The van der Waals surface area contributed by atoms with Gasteiger partial charge in [-0.15, -0.1) is 10.2 Å². The molecule has 2 rings (SSSR count). The third kappa shape index (κ3) is 4.60. The summed E-state index contributed by atoms with van der Waals surface area (Å²) in [6.45, 7) is 3.95. The zero-order chi connectivity index (χ0) is 16.8. The lowest BCUT2D eigenvalue weighted by Crippen LogP contribution is -2.42. The maximum absolute atomic E-state index is 12.0. The van der Waals surface area contributed by atoms with Crippen molar-refractivity contribution in [2.75, 3.05) is 12.4 Å². The highest BCUT2D eigenvalue weighted by atomic mass is 32.2. The fourth-order valence-corrected chi connectivity index (χ4v) is 3.42. The van der Waals surface area contributed by atoms with Gasteiger partial charge in [0.1, 0.15) is 0 Å². The summed E-state index contributed by atoms with van der Waals surface area (Å²) in [6.07, 6.45) is 5.78. The standard InChI is InChI=1S/C14H24N6O2S/c1-3-16-13(22)17-12(21)9(2)23-14-19-18-11(20(14)15)10-7-5-4-6-8-10/h9-10H,3-8,15H2,1-2H3,(H2,16,17,21,22)/t9-/m1/s1. The summed E-state index contributed by atoms with van der Waals surface area (Å²) in [6, 6.07) is -0.498. The van der Waals surface area contributed by atoms with Gasteiger partial charge in [-0.1, -0.05) is 31.0 Å². The lowest BCUT2D eigenvalue weighted by atomic mass is 9.89. The number of rotatable bonds is 5. The first-order valence-corrected chi connectivity index (χ1v) is 8.86. The molecule has 1 saturated carbocycles. The lowest BCUT2D eigenvalue weighted by molar-refractivity contribution is -0.119. The summed E-state index contributed by atoms with van der Waals surface area (Å²) in [4.78, 5) is 23.3. The topological polar surface area (TPSA) is 115 Å². The molecule has 0 bridgehead atoms. The normalized spacial score (nSPS) is 16.8. The van der Waals surface area contributed by atoms with Crippen molar-refractivity contribution in [2.24, 2.45) is 0 Å². The first-order valence-electron chi connectivity index (χ1n) is 7.98. The van der Waals surface area contributed by atoms with E-state index in [9.17, 15) is 9.59 Å².